The van der Waals surface area contributed by atoms with Crippen LogP contribution in [-0.2, 0) is 0 Å². The second-order valence-electron chi connectivity index (χ2n) is 4.52. The monoisotopic (exact) mass is 332 g/mol. The van der Waals surface area contributed by atoms with Crippen LogP contribution >= 0.6 is 27.7 Å². The van der Waals surface area contributed by atoms with Crippen molar-refractivity contribution < 1.29 is 5.11 Å². The molecule has 3 nitrogen and oxygen atoms in total. The summed E-state index contributed by atoms with van der Waals surface area (Å²) < 4.78 is 1.01. The highest BCUT2D eigenvalue weighted by molar-refractivity contribution is 9.10. The van der Waals surface area contributed by atoms with Crippen molar-refractivity contribution in [3.63, 3.8) is 0 Å². The zero-order valence-corrected chi connectivity index (χ0v) is 13.4. The first-order valence-electron chi connectivity index (χ1n) is 6.20. The summed E-state index contributed by atoms with van der Waals surface area (Å²) in [5, 5.41) is 13.8. The lowest BCUT2D eigenvalue weighted by atomic mass is 9.97. The van der Waals surface area contributed by atoms with E-state index in [9.17, 15) is 5.11 Å². The van der Waals surface area contributed by atoms with Gasteiger partial charge in [0.15, 0.2) is 0 Å². The minimum Gasteiger partial charge on any atom is -0.394 e. The Kier molecular flexibility index (Phi) is 7.22. The van der Waals surface area contributed by atoms with E-state index in [1.807, 2.05) is 18.3 Å². The molecule has 0 spiro atoms. The van der Waals surface area contributed by atoms with Crippen LogP contribution in [0.25, 0.3) is 0 Å². The molecule has 18 heavy (non-hydrogen) atoms. The minimum absolute atomic E-state index is 0.150. The summed E-state index contributed by atoms with van der Waals surface area (Å²) in [6, 6.07) is 4.02. The lowest BCUT2D eigenvalue weighted by Crippen LogP contribution is -2.45. The fourth-order valence-electron chi connectivity index (χ4n) is 1.74. The standard InChI is InChI=1S/C13H21BrN2OS/c1-3-16-13(2,10-17)7-4-8-18-12-6-5-11(14)9-15-12/h5-6,9,16-17H,3-4,7-8,10H2,1-2H3. The van der Waals surface area contributed by atoms with Crippen molar-refractivity contribution >= 4 is 27.7 Å². The van der Waals surface area contributed by atoms with Gasteiger partial charge in [-0.3, -0.25) is 0 Å². The highest BCUT2D eigenvalue weighted by Crippen LogP contribution is 2.20. The smallest absolute Gasteiger partial charge is 0.0960 e. The molecule has 1 heterocycles. The van der Waals surface area contributed by atoms with Crippen LogP contribution < -0.4 is 5.32 Å². The molecule has 1 aromatic heterocycles. The number of hydrogen-bond acceptors (Lipinski definition) is 4. The normalized spacial score (nSPS) is 14.4. The van der Waals surface area contributed by atoms with Crippen molar-refractivity contribution in [2.24, 2.45) is 0 Å². The molecule has 0 saturated heterocycles. The van der Waals surface area contributed by atoms with Crippen molar-refractivity contribution in [1.29, 1.82) is 0 Å². The molecule has 0 bridgehead atoms. The number of aliphatic hydroxyl groups excluding tert-OH is 1. The van der Waals surface area contributed by atoms with Gasteiger partial charge in [0.05, 0.1) is 11.6 Å². The third kappa shape index (κ3) is 5.69. The lowest BCUT2D eigenvalue weighted by molar-refractivity contribution is 0.167. The summed E-state index contributed by atoms with van der Waals surface area (Å²) in [6.07, 6.45) is 3.85. The first-order chi connectivity index (χ1) is 8.59. The van der Waals surface area contributed by atoms with Crippen molar-refractivity contribution in [2.75, 3.05) is 18.9 Å². The van der Waals surface area contributed by atoms with Crippen molar-refractivity contribution in [3.8, 4) is 0 Å². The van der Waals surface area contributed by atoms with Crippen LogP contribution in [0.15, 0.2) is 27.8 Å². The van der Waals surface area contributed by atoms with Crippen molar-refractivity contribution in [3.05, 3.63) is 22.8 Å². The van der Waals surface area contributed by atoms with Gasteiger partial charge in [0.1, 0.15) is 0 Å². The third-order valence-electron chi connectivity index (χ3n) is 2.78. The molecule has 0 aliphatic carbocycles. The largest absolute Gasteiger partial charge is 0.394 e. The Hall–Kier alpha value is -0.100. The highest BCUT2D eigenvalue weighted by atomic mass is 79.9. The molecule has 0 fully saturated rings. The fourth-order valence-corrected chi connectivity index (χ4v) is 2.76. The fraction of sp³-hybridized carbons (Fsp3) is 0.615. The summed E-state index contributed by atoms with van der Waals surface area (Å²) in [7, 11) is 0. The summed E-state index contributed by atoms with van der Waals surface area (Å²) in [4.78, 5) is 4.32. The number of hydrogen-bond donors (Lipinski definition) is 2. The number of rotatable bonds is 8. The van der Waals surface area contributed by atoms with E-state index >= 15 is 0 Å². The second-order valence-corrected chi connectivity index (χ2v) is 6.55. The SMILES string of the molecule is CCNC(C)(CO)CCCSc1ccc(Br)cn1. The number of halogens is 1. The molecule has 0 saturated carbocycles. The predicted octanol–water partition coefficient (Wildman–Crippen LogP) is 3.08. The molecular weight excluding hydrogens is 312 g/mol. The molecule has 1 aromatic rings. The molecular formula is C13H21BrN2OS. The van der Waals surface area contributed by atoms with E-state index in [0.717, 1.165) is 34.6 Å². The molecule has 0 aliphatic rings. The van der Waals surface area contributed by atoms with Gasteiger partial charge >= 0.3 is 0 Å². The summed E-state index contributed by atoms with van der Waals surface area (Å²) in [6.45, 7) is 5.20. The van der Waals surface area contributed by atoms with E-state index in [1.54, 1.807) is 11.8 Å². The van der Waals surface area contributed by atoms with Gasteiger partial charge in [0, 0.05) is 16.2 Å². The van der Waals surface area contributed by atoms with Gasteiger partial charge in [0.25, 0.3) is 0 Å². The van der Waals surface area contributed by atoms with E-state index in [-0.39, 0.29) is 12.1 Å². The summed E-state index contributed by atoms with van der Waals surface area (Å²) >= 11 is 5.13. The molecule has 0 amide bonds. The van der Waals surface area contributed by atoms with Crippen molar-refractivity contribution in [1.82, 2.24) is 10.3 Å². The number of thioether (sulfide) groups is 1. The molecule has 1 unspecified atom stereocenters. The zero-order chi connectivity index (χ0) is 13.4. The number of likely N-dealkylation sites (N-methyl/N-ethyl adjacent to an activating group) is 1. The van der Waals surface area contributed by atoms with E-state index in [2.05, 4.69) is 40.1 Å². The number of pyridine rings is 1. The van der Waals surface area contributed by atoms with E-state index in [1.165, 1.54) is 0 Å². The van der Waals surface area contributed by atoms with Crippen LogP contribution in [-0.4, -0.2) is 34.5 Å². The van der Waals surface area contributed by atoms with Crippen LogP contribution in [0.4, 0.5) is 0 Å². The molecule has 0 radical (unpaired) electrons. The van der Waals surface area contributed by atoms with Gasteiger partial charge in [-0.15, -0.1) is 11.8 Å². The zero-order valence-electron chi connectivity index (χ0n) is 10.9. The topological polar surface area (TPSA) is 45.1 Å². The first kappa shape index (κ1) is 16.0. The highest BCUT2D eigenvalue weighted by Gasteiger charge is 2.20. The molecule has 0 aliphatic heterocycles. The van der Waals surface area contributed by atoms with Crippen LogP contribution in [0.5, 0.6) is 0 Å². The molecule has 0 aromatic carbocycles. The van der Waals surface area contributed by atoms with E-state index in [0.29, 0.717) is 0 Å². The predicted molar refractivity (Wildman–Crippen MR) is 81.1 cm³/mol. The van der Waals surface area contributed by atoms with Crippen molar-refractivity contribution in [2.45, 2.75) is 37.3 Å². The quantitative estimate of drug-likeness (QED) is 0.567. The maximum Gasteiger partial charge on any atom is 0.0960 e. The first-order valence-corrected chi connectivity index (χ1v) is 7.98. The molecule has 102 valence electrons. The summed E-state index contributed by atoms with van der Waals surface area (Å²) in [5.41, 5.74) is -0.150. The van der Waals surface area contributed by atoms with Crippen LogP contribution in [0.1, 0.15) is 26.7 Å². The Balaban J connectivity index is 2.27. The Labute approximate surface area is 122 Å². The molecule has 5 heteroatoms. The van der Waals surface area contributed by atoms with Gasteiger partial charge in [-0.25, -0.2) is 4.98 Å². The van der Waals surface area contributed by atoms with Gasteiger partial charge in [0.2, 0.25) is 0 Å². The molecule has 2 N–H and O–H groups in total. The lowest BCUT2D eigenvalue weighted by Gasteiger charge is -2.28. The number of nitrogens with zero attached hydrogens (tertiary/aromatic N) is 1. The van der Waals surface area contributed by atoms with Gasteiger partial charge < -0.3 is 10.4 Å². The maximum atomic E-state index is 9.38. The second kappa shape index (κ2) is 8.15. The molecule has 1 atom stereocenters. The van der Waals surface area contributed by atoms with E-state index in [4.69, 9.17) is 0 Å². The maximum absolute atomic E-state index is 9.38. The molecule has 1 rings (SSSR count). The van der Waals surface area contributed by atoms with E-state index < -0.39 is 0 Å². The van der Waals surface area contributed by atoms with Crippen LogP contribution in [0.2, 0.25) is 0 Å². The third-order valence-corrected chi connectivity index (χ3v) is 4.27. The Morgan fingerprint density at radius 2 is 2.28 bits per heavy atom. The average Bonchev–Trinajstić information content (AvgIpc) is 2.37. The Bertz CT molecular complexity index is 347. The van der Waals surface area contributed by atoms with Crippen LogP contribution in [0.3, 0.4) is 0 Å². The number of aromatic nitrogens is 1. The Morgan fingerprint density at radius 3 is 2.83 bits per heavy atom. The number of aliphatic hydroxyl groups is 1. The van der Waals surface area contributed by atoms with Gasteiger partial charge in [-0.1, -0.05) is 6.92 Å². The van der Waals surface area contributed by atoms with Gasteiger partial charge in [-0.2, -0.15) is 0 Å². The Morgan fingerprint density at radius 1 is 1.50 bits per heavy atom. The minimum atomic E-state index is -0.150. The van der Waals surface area contributed by atoms with Gasteiger partial charge in [-0.05, 0) is 60.1 Å². The summed E-state index contributed by atoms with van der Waals surface area (Å²) in [5.74, 6) is 1.02. The van der Waals surface area contributed by atoms with Crippen LogP contribution in [0, 0.1) is 0 Å². The number of nitrogens with one attached hydrogen (secondary N) is 1. The average molecular weight is 333 g/mol.